The van der Waals surface area contributed by atoms with Gasteiger partial charge in [0.1, 0.15) is 5.75 Å². The lowest BCUT2D eigenvalue weighted by Crippen LogP contribution is -1.81. The van der Waals surface area contributed by atoms with Crippen molar-refractivity contribution in [1.29, 1.82) is 0 Å². The molecule has 14 heavy (non-hydrogen) atoms. The Morgan fingerprint density at radius 3 is 2.64 bits per heavy atom. The normalized spacial score (nSPS) is 11.9. The zero-order valence-corrected chi connectivity index (χ0v) is 8.27. The average Bonchev–Trinajstić information content (AvgIpc) is 2.18. The van der Waals surface area contributed by atoms with Crippen molar-refractivity contribution in [2.24, 2.45) is 0 Å². The molecule has 0 radical (unpaired) electrons. The van der Waals surface area contributed by atoms with Crippen LogP contribution in [-0.4, -0.2) is 5.11 Å². The van der Waals surface area contributed by atoms with Crippen molar-refractivity contribution in [2.45, 2.75) is 6.92 Å². The molecule has 0 saturated heterocycles. The lowest BCUT2D eigenvalue weighted by molar-refractivity contribution is 0.474. The molecule has 0 aliphatic carbocycles. The Labute approximate surface area is 84.7 Å². The fourth-order valence-corrected chi connectivity index (χ4v) is 1.26. The highest BCUT2D eigenvalue weighted by atomic mass is 16.3. The fourth-order valence-electron chi connectivity index (χ4n) is 1.26. The molecule has 0 bridgehead atoms. The summed E-state index contributed by atoms with van der Waals surface area (Å²) in [6.07, 6.45) is 7.45. The van der Waals surface area contributed by atoms with Crippen molar-refractivity contribution in [2.75, 3.05) is 0 Å². The van der Waals surface area contributed by atoms with Gasteiger partial charge in [0.2, 0.25) is 0 Å². The van der Waals surface area contributed by atoms with Crippen molar-refractivity contribution in [3.05, 3.63) is 60.7 Å². The van der Waals surface area contributed by atoms with E-state index in [9.17, 15) is 5.11 Å². The lowest BCUT2D eigenvalue weighted by atomic mass is 10.0. The molecule has 1 nitrogen and oxygen atoms in total. The number of hydrogen-bond acceptors (Lipinski definition) is 1. The summed E-state index contributed by atoms with van der Waals surface area (Å²) in [5.74, 6) is 0.290. The molecule has 0 heterocycles. The van der Waals surface area contributed by atoms with E-state index in [1.807, 2.05) is 37.3 Å². The molecule has 72 valence electrons. The number of phenols is 1. The van der Waals surface area contributed by atoms with E-state index in [1.54, 1.807) is 18.2 Å². The summed E-state index contributed by atoms with van der Waals surface area (Å²) in [4.78, 5) is 0. The van der Waals surface area contributed by atoms with Crippen molar-refractivity contribution >= 4 is 5.57 Å². The van der Waals surface area contributed by atoms with Crippen LogP contribution in [0.3, 0.4) is 0 Å². The smallest absolute Gasteiger partial charge is 0.123 e. The number of allylic oxidation sites excluding steroid dienone is 5. The van der Waals surface area contributed by atoms with Crippen LogP contribution < -0.4 is 0 Å². The predicted molar refractivity (Wildman–Crippen MR) is 61.1 cm³/mol. The van der Waals surface area contributed by atoms with Crippen molar-refractivity contribution in [3.63, 3.8) is 0 Å². The van der Waals surface area contributed by atoms with Gasteiger partial charge in [0, 0.05) is 5.56 Å². The van der Waals surface area contributed by atoms with E-state index in [1.165, 1.54) is 0 Å². The van der Waals surface area contributed by atoms with Crippen LogP contribution in [0.2, 0.25) is 0 Å². The van der Waals surface area contributed by atoms with Gasteiger partial charge in [0.25, 0.3) is 0 Å². The Hall–Kier alpha value is -1.76. The number of phenolic OH excluding ortho intramolecular Hbond substituents is 1. The van der Waals surface area contributed by atoms with Gasteiger partial charge < -0.3 is 5.11 Å². The van der Waals surface area contributed by atoms with E-state index in [2.05, 4.69) is 6.58 Å². The molecule has 1 rings (SSSR count). The van der Waals surface area contributed by atoms with E-state index in [-0.39, 0.29) is 0 Å². The first-order valence-electron chi connectivity index (χ1n) is 4.53. The molecule has 0 spiro atoms. The highest BCUT2D eigenvalue weighted by Crippen LogP contribution is 2.25. The number of benzene rings is 1. The zero-order chi connectivity index (χ0) is 10.4. The third kappa shape index (κ3) is 2.36. The SMILES string of the molecule is C=C/C=C(\C=C/C)c1ccccc1O. The summed E-state index contributed by atoms with van der Waals surface area (Å²) in [5, 5.41) is 9.63. The van der Waals surface area contributed by atoms with Gasteiger partial charge in [-0.1, -0.05) is 49.1 Å². The predicted octanol–water partition coefficient (Wildman–Crippen LogP) is 3.54. The summed E-state index contributed by atoms with van der Waals surface area (Å²) >= 11 is 0. The van der Waals surface area contributed by atoms with Crippen LogP contribution in [0.15, 0.2) is 55.1 Å². The molecule has 0 saturated carbocycles. The molecule has 0 fully saturated rings. The van der Waals surface area contributed by atoms with E-state index in [0.717, 1.165) is 11.1 Å². The third-order valence-corrected chi connectivity index (χ3v) is 1.86. The van der Waals surface area contributed by atoms with Gasteiger partial charge in [-0.15, -0.1) is 0 Å². The minimum atomic E-state index is 0.290. The summed E-state index contributed by atoms with van der Waals surface area (Å²) in [7, 11) is 0. The number of aromatic hydroxyl groups is 1. The second-order valence-electron chi connectivity index (χ2n) is 2.87. The largest absolute Gasteiger partial charge is 0.507 e. The Morgan fingerprint density at radius 2 is 2.07 bits per heavy atom. The molecular weight excluding hydrogens is 172 g/mol. The molecule has 1 heteroatoms. The maximum absolute atomic E-state index is 9.63. The van der Waals surface area contributed by atoms with Gasteiger partial charge in [-0.25, -0.2) is 0 Å². The van der Waals surface area contributed by atoms with Crippen LogP contribution in [-0.2, 0) is 0 Å². The molecule has 0 amide bonds. The standard InChI is InChI=1S/C13H14O/c1-3-7-11(8-4-2)12-9-5-6-10-13(12)14/h3-10,14H,1H2,2H3/b8-4-,11-7+. The Balaban J connectivity index is 3.18. The van der Waals surface area contributed by atoms with Gasteiger partial charge in [-0.2, -0.15) is 0 Å². The molecule has 1 aromatic carbocycles. The number of rotatable bonds is 3. The summed E-state index contributed by atoms with van der Waals surface area (Å²) in [6.45, 7) is 5.59. The Morgan fingerprint density at radius 1 is 1.36 bits per heavy atom. The maximum atomic E-state index is 9.63. The molecule has 0 unspecified atom stereocenters. The summed E-state index contributed by atoms with van der Waals surface area (Å²) < 4.78 is 0. The molecular formula is C13H14O. The first-order chi connectivity index (χ1) is 6.79. The van der Waals surface area contributed by atoms with Gasteiger partial charge in [-0.05, 0) is 18.6 Å². The van der Waals surface area contributed by atoms with Gasteiger partial charge in [-0.3, -0.25) is 0 Å². The van der Waals surface area contributed by atoms with E-state index < -0.39 is 0 Å². The highest BCUT2D eigenvalue weighted by molar-refractivity contribution is 5.78. The lowest BCUT2D eigenvalue weighted by Gasteiger charge is -2.04. The maximum Gasteiger partial charge on any atom is 0.123 e. The molecule has 1 aromatic rings. The van der Waals surface area contributed by atoms with Crippen molar-refractivity contribution < 1.29 is 5.11 Å². The quantitative estimate of drug-likeness (QED) is 0.716. The third-order valence-electron chi connectivity index (χ3n) is 1.86. The van der Waals surface area contributed by atoms with Gasteiger partial charge in [0.15, 0.2) is 0 Å². The van der Waals surface area contributed by atoms with E-state index in [4.69, 9.17) is 0 Å². The van der Waals surface area contributed by atoms with Crippen molar-refractivity contribution in [3.8, 4) is 5.75 Å². The monoisotopic (exact) mass is 186 g/mol. The van der Waals surface area contributed by atoms with Crippen LogP contribution >= 0.6 is 0 Å². The van der Waals surface area contributed by atoms with Crippen LogP contribution in [0.5, 0.6) is 5.75 Å². The molecule has 0 aliphatic heterocycles. The minimum Gasteiger partial charge on any atom is -0.507 e. The summed E-state index contributed by atoms with van der Waals surface area (Å²) in [5.41, 5.74) is 1.78. The van der Waals surface area contributed by atoms with Crippen molar-refractivity contribution in [1.82, 2.24) is 0 Å². The molecule has 0 aromatic heterocycles. The Kier molecular flexibility index (Phi) is 3.74. The van der Waals surface area contributed by atoms with Crippen LogP contribution in [0.4, 0.5) is 0 Å². The van der Waals surface area contributed by atoms with E-state index in [0.29, 0.717) is 5.75 Å². The topological polar surface area (TPSA) is 20.2 Å². The van der Waals surface area contributed by atoms with Gasteiger partial charge in [0.05, 0.1) is 0 Å². The van der Waals surface area contributed by atoms with Crippen LogP contribution in [0.1, 0.15) is 12.5 Å². The second kappa shape index (κ2) is 5.07. The van der Waals surface area contributed by atoms with Gasteiger partial charge >= 0.3 is 0 Å². The van der Waals surface area contributed by atoms with E-state index >= 15 is 0 Å². The first-order valence-corrected chi connectivity index (χ1v) is 4.53. The summed E-state index contributed by atoms with van der Waals surface area (Å²) in [6, 6.07) is 7.26. The number of hydrogen-bond donors (Lipinski definition) is 1. The highest BCUT2D eigenvalue weighted by Gasteiger charge is 2.01. The molecule has 0 atom stereocenters. The molecule has 0 aliphatic rings. The molecule has 1 N–H and O–H groups in total. The van der Waals surface area contributed by atoms with Crippen LogP contribution in [0.25, 0.3) is 5.57 Å². The minimum absolute atomic E-state index is 0.290. The number of para-hydroxylation sites is 1. The van der Waals surface area contributed by atoms with Crippen LogP contribution in [0, 0.1) is 0 Å². The zero-order valence-electron chi connectivity index (χ0n) is 8.27. The second-order valence-corrected chi connectivity index (χ2v) is 2.87. The Bertz CT molecular complexity index is 373. The average molecular weight is 186 g/mol. The fraction of sp³-hybridized carbons (Fsp3) is 0.0769. The first kappa shape index (κ1) is 10.3.